The number of hydrogen-bond donors (Lipinski definition) is 0. The average Bonchev–Trinajstić information content (AvgIpc) is 3.00. The zero-order valence-corrected chi connectivity index (χ0v) is 16.1. The van der Waals surface area contributed by atoms with Crippen molar-refractivity contribution in [3.8, 4) is 0 Å². The van der Waals surface area contributed by atoms with E-state index < -0.39 is 0 Å². The Hall–Kier alpha value is -3.08. The van der Waals surface area contributed by atoms with E-state index in [4.69, 9.17) is 4.74 Å². The second-order valence-corrected chi connectivity index (χ2v) is 6.05. The average molecular weight is 363 g/mol. The summed E-state index contributed by atoms with van der Waals surface area (Å²) in [6.45, 7) is 8.02. The SMILES string of the molecule is CCOC(=O)c1ccc2c(c1)N(CC)/C(=C/C=Nc1ccccc1)N2CC. The van der Waals surface area contributed by atoms with Gasteiger partial charge in [0.25, 0.3) is 0 Å². The van der Waals surface area contributed by atoms with Crippen LogP contribution in [0.5, 0.6) is 0 Å². The van der Waals surface area contributed by atoms with E-state index in [1.165, 1.54) is 0 Å². The molecule has 1 heterocycles. The maximum Gasteiger partial charge on any atom is 0.338 e. The molecule has 5 heteroatoms. The number of benzene rings is 2. The van der Waals surface area contributed by atoms with Crippen molar-refractivity contribution in [3.05, 3.63) is 66.0 Å². The molecule has 2 aromatic rings. The van der Waals surface area contributed by atoms with Gasteiger partial charge in [-0.2, -0.15) is 0 Å². The van der Waals surface area contributed by atoms with Crippen molar-refractivity contribution in [3.63, 3.8) is 0 Å². The van der Waals surface area contributed by atoms with Gasteiger partial charge in [-0.05, 0) is 57.2 Å². The van der Waals surface area contributed by atoms with Crippen LogP contribution in [0.25, 0.3) is 0 Å². The fourth-order valence-corrected chi connectivity index (χ4v) is 3.25. The molecule has 3 rings (SSSR count). The summed E-state index contributed by atoms with van der Waals surface area (Å²) in [6.07, 6.45) is 3.85. The first-order chi connectivity index (χ1) is 13.2. The summed E-state index contributed by atoms with van der Waals surface area (Å²) in [5.74, 6) is 0.762. The van der Waals surface area contributed by atoms with Crippen molar-refractivity contribution in [2.45, 2.75) is 20.8 Å². The minimum Gasteiger partial charge on any atom is -0.462 e. The lowest BCUT2D eigenvalue weighted by atomic mass is 10.1. The Kier molecular flexibility index (Phi) is 5.91. The molecule has 0 saturated carbocycles. The Morgan fingerprint density at radius 3 is 2.37 bits per heavy atom. The van der Waals surface area contributed by atoms with Gasteiger partial charge in [0.1, 0.15) is 5.82 Å². The third kappa shape index (κ3) is 3.87. The second kappa shape index (κ2) is 8.54. The van der Waals surface area contributed by atoms with Gasteiger partial charge in [-0.25, -0.2) is 4.79 Å². The molecule has 0 aliphatic carbocycles. The fraction of sp³-hybridized carbons (Fsp3) is 0.273. The number of carbonyl (C=O) groups is 1. The van der Waals surface area contributed by atoms with E-state index >= 15 is 0 Å². The number of rotatable bonds is 6. The van der Waals surface area contributed by atoms with Gasteiger partial charge in [-0.15, -0.1) is 0 Å². The van der Waals surface area contributed by atoms with Crippen LogP contribution in [0.2, 0.25) is 0 Å². The Morgan fingerprint density at radius 2 is 1.70 bits per heavy atom. The molecule has 140 valence electrons. The van der Waals surface area contributed by atoms with E-state index in [2.05, 4.69) is 28.6 Å². The first-order valence-electron chi connectivity index (χ1n) is 9.35. The monoisotopic (exact) mass is 363 g/mol. The standard InChI is InChI=1S/C22H25N3O2/c1-4-24-19-13-12-17(22(26)27-6-3)16-20(19)25(5-2)21(24)14-15-23-18-10-8-7-9-11-18/h7-16H,4-6H2,1-3H3/b21-14+,23-15?. The van der Waals surface area contributed by atoms with E-state index in [-0.39, 0.29) is 5.97 Å². The van der Waals surface area contributed by atoms with E-state index in [1.54, 1.807) is 0 Å². The highest BCUT2D eigenvalue weighted by Crippen LogP contribution is 2.41. The van der Waals surface area contributed by atoms with Gasteiger partial charge in [0.05, 0.1) is 29.2 Å². The van der Waals surface area contributed by atoms with Crippen molar-refractivity contribution >= 4 is 29.2 Å². The molecular weight excluding hydrogens is 338 g/mol. The molecule has 0 atom stereocenters. The van der Waals surface area contributed by atoms with Crippen LogP contribution in [0.1, 0.15) is 31.1 Å². The molecule has 0 radical (unpaired) electrons. The molecule has 0 amide bonds. The van der Waals surface area contributed by atoms with Crippen molar-refractivity contribution in [1.29, 1.82) is 0 Å². The lowest BCUT2D eigenvalue weighted by Gasteiger charge is -2.22. The normalized spacial score (nSPS) is 14.9. The highest BCUT2D eigenvalue weighted by Gasteiger charge is 2.30. The number of esters is 1. The molecule has 0 fully saturated rings. The molecule has 5 nitrogen and oxygen atoms in total. The van der Waals surface area contributed by atoms with Crippen LogP contribution in [0.4, 0.5) is 17.1 Å². The van der Waals surface area contributed by atoms with Crippen molar-refractivity contribution in [2.24, 2.45) is 4.99 Å². The molecule has 0 bridgehead atoms. The van der Waals surface area contributed by atoms with Gasteiger partial charge in [-0.1, -0.05) is 18.2 Å². The van der Waals surface area contributed by atoms with Crippen molar-refractivity contribution in [1.82, 2.24) is 0 Å². The third-order valence-corrected chi connectivity index (χ3v) is 4.46. The first kappa shape index (κ1) is 18.7. The van der Waals surface area contributed by atoms with Crippen LogP contribution in [-0.4, -0.2) is 31.9 Å². The summed E-state index contributed by atoms with van der Waals surface area (Å²) in [6, 6.07) is 15.6. The summed E-state index contributed by atoms with van der Waals surface area (Å²) in [5.41, 5.74) is 3.60. The molecule has 1 aliphatic heterocycles. The summed E-state index contributed by atoms with van der Waals surface area (Å²) < 4.78 is 5.14. The molecule has 2 aromatic carbocycles. The fourth-order valence-electron chi connectivity index (χ4n) is 3.25. The zero-order valence-electron chi connectivity index (χ0n) is 16.1. The Balaban J connectivity index is 1.94. The minimum atomic E-state index is -0.289. The van der Waals surface area contributed by atoms with E-state index in [1.807, 2.05) is 67.7 Å². The molecule has 0 aromatic heterocycles. The molecule has 1 aliphatic rings. The van der Waals surface area contributed by atoms with Gasteiger partial charge in [0.2, 0.25) is 0 Å². The maximum atomic E-state index is 12.1. The minimum absolute atomic E-state index is 0.289. The lowest BCUT2D eigenvalue weighted by Crippen LogP contribution is -2.28. The molecule has 0 spiro atoms. The van der Waals surface area contributed by atoms with Gasteiger partial charge < -0.3 is 14.5 Å². The third-order valence-electron chi connectivity index (χ3n) is 4.46. The highest BCUT2D eigenvalue weighted by molar-refractivity contribution is 5.95. The molecular formula is C22H25N3O2. The predicted octanol–water partition coefficient (Wildman–Crippen LogP) is 4.77. The number of aliphatic imine (C=N–C) groups is 1. The van der Waals surface area contributed by atoms with Crippen LogP contribution in [0.3, 0.4) is 0 Å². The van der Waals surface area contributed by atoms with Gasteiger partial charge in [0, 0.05) is 19.3 Å². The van der Waals surface area contributed by atoms with Gasteiger partial charge in [-0.3, -0.25) is 4.99 Å². The van der Waals surface area contributed by atoms with Crippen molar-refractivity contribution in [2.75, 3.05) is 29.5 Å². The number of fused-ring (bicyclic) bond motifs is 1. The number of anilines is 2. The van der Waals surface area contributed by atoms with Crippen LogP contribution >= 0.6 is 0 Å². The van der Waals surface area contributed by atoms with Crippen LogP contribution in [0, 0.1) is 0 Å². The largest absolute Gasteiger partial charge is 0.462 e. The van der Waals surface area contributed by atoms with E-state index in [0.717, 1.165) is 36.0 Å². The molecule has 27 heavy (non-hydrogen) atoms. The topological polar surface area (TPSA) is 45.1 Å². The number of nitrogens with zero attached hydrogens (tertiary/aromatic N) is 3. The first-order valence-corrected chi connectivity index (χ1v) is 9.35. The quantitative estimate of drug-likeness (QED) is 0.548. The van der Waals surface area contributed by atoms with E-state index in [9.17, 15) is 4.79 Å². The van der Waals surface area contributed by atoms with Gasteiger partial charge in [0.15, 0.2) is 0 Å². The molecule has 0 unspecified atom stereocenters. The highest BCUT2D eigenvalue weighted by atomic mass is 16.5. The number of hydrogen-bond acceptors (Lipinski definition) is 5. The number of carbonyl (C=O) groups excluding carboxylic acids is 1. The molecule has 0 N–H and O–H groups in total. The maximum absolute atomic E-state index is 12.1. The summed E-state index contributed by atoms with van der Waals surface area (Å²) >= 11 is 0. The second-order valence-electron chi connectivity index (χ2n) is 6.05. The lowest BCUT2D eigenvalue weighted by molar-refractivity contribution is 0.0526. The van der Waals surface area contributed by atoms with E-state index in [0.29, 0.717) is 12.2 Å². The Bertz CT molecular complexity index is 859. The smallest absolute Gasteiger partial charge is 0.338 e. The van der Waals surface area contributed by atoms with Crippen molar-refractivity contribution < 1.29 is 9.53 Å². The summed E-state index contributed by atoms with van der Waals surface area (Å²) in [4.78, 5) is 21.0. The summed E-state index contributed by atoms with van der Waals surface area (Å²) in [7, 11) is 0. The number of ether oxygens (including phenoxy) is 1. The predicted molar refractivity (Wildman–Crippen MR) is 111 cm³/mol. The van der Waals surface area contributed by atoms with Crippen LogP contribution in [-0.2, 0) is 4.74 Å². The van der Waals surface area contributed by atoms with Crippen LogP contribution in [0.15, 0.2) is 65.4 Å². The summed E-state index contributed by atoms with van der Waals surface area (Å²) in [5, 5.41) is 0. The molecule has 0 saturated heterocycles. The zero-order chi connectivity index (χ0) is 19.2. The number of allylic oxidation sites excluding steroid dienone is 1. The van der Waals surface area contributed by atoms with Crippen LogP contribution < -0.4 is 9.80 Å². The Morgan fingerprint density at radius 1 is 1.00 bits per heavy atom. The number of para-hydroxylation sites is 1. The van der Waals surface area contributed by atoms with Gasteiger partial charge >= 0.3 is 5.97 Å². The Labute approximate surface area is 160 Å².